The Bertz CT molecular complexity index is 1010. The van der Waals surface area contributed by atoms with Crippen molar-refractivity contribution in [2.24, 2.45) is 0 Å². The Kier molecular flexibility index (Phi) is 9.63. The number of benzene rings is 2. The van der Waals surface area contributed by atoms with Crippen molar-refractivity contribution in [3.63, 3.8) is 0 Å². The van der Waals surface area contributed by atoms with Gasteiger partial charge in [-0.05, 0) is 37.1 Å². The second-order valence-electron chi connectivity index (χ2n) is 6.91. The molecule has 34 heavy (non-hydrogen) atoms. The van der Waals surface area contributed by atoms with Crippen LogP contribution in [-0.4, -0.2) is 35.8 Å². The highest BCUT2D eigenvalue weighted by molar-refractivity contribution is 6.00. The number of unbranched alkanes of at least 4 members (excludes halogenated alkanes) is 1. The summed E-state index contributed by atoms with van der Waals surface area (Å²) in [6.45, 7) is 2.34. The Morgan fingerprint density at radius 1 is 0.588 bits per heavy atom. The molecule has 10 nitrogen and oxygen atoms in total. The van der Waals surface area contributed by atoms with Gasteiger partial charge in [-0.1, -0.05) is 24.3 Å². The van der Waals surface area contributed by atoms with Crippen molar-refractivity contribution in [3.8, 4) is 11.5 Å². The predicted molar refractivity (Wildman–Crippen MR) is 115 cm³/mol. The van der Waals surface area contributed by atoms with E-state index in [1.807, 2.05) is 0 Å². The van der Waals surface area contributed by atoms with Crippen LogP contribution < -0.4 is 9.47 Å². The fraction of sp³-hybridized carbons (Fsp3) is 0.250. The first-order chi connectivity index (χ1) is 16.2. The van der Waals surface area contributed by atoms with Crippen LogP contribution in [0.3, 0.4) is 0 Å². The molecule has 0 heterocycles. The van der Waals surface area contributed by atoms with Gasteiger partial charge in [0.05, 0.1) is 0 Å². The van der Waals surface area contributed by atoms with E-state index in [4.69, 9.17) is 18.9 Å². The molecule has 0 aliphatic rings. The minimum Gasteiger partial charge on any atom is -0.426 e. The van der Waals surface area contributed by atoms with Crippen molar-refractivity contribution in [1.29, 1.82) is 0 Å². The fourth-order valence-electron chi connectivity index (χ4n) is 2.72. The van der Waals surface area contributed by atoms with Gasteiger partial charge in [0.15, 0.2) is 0 Å². The van der Waals surface area contributed by atoms with Crippen molar-refractivity contribution in [3.05, 3.63) is 59.7 Å². The summed E-state index contributed by atoms with van der Waals surface area (Å²) < 4.78 is 19.3. The number of para-hydroxylation sites is 2. The second kappa shape index (κ2) is 12.6. The minimum absolute atomic E-state index is 0.0320. The molecule has 2 aromatic rings. The number of carbonyl (C=O) groups excluding carboxylic acids is 6. The van der Waals surface area contributed by atoms with Gasteiger partial charge in [0.1, 0.15) is 22.6 Å². The van der Waals surface area contributed by atoms with Gasteiger partial charge in [0.25, 0.3) is 0 Å². The summed E-state index contributed by atoms with van der Waals surface area (Å²) in [5, 5.41) is 0. The van der Waals surface area contributed by atoms with Gasteiger partial charge in [-0.15, -0.1) is 0 Å². The lowest BCUT2D eigenvalue weighted by Gasteiger charge is -2.08. The first kappa shape index (κ1) is 25.9. The van der Waals surface area contributed by atoms with E-state index in [0.29, 0.717) is 0 Å². The average Bonchev–Trinajstić information content (AvgIpc) is 2.76. The summed E-state index contributed by atoms with van der Waals surface area (Å²) >= 11 is 0. The zero-order valence-electron chi connectivity index (χ0n) is 18.5. The lowest BCUT2D eigenvalue weighted by atomic mass is 10.2. The van der Waals surface area contributed by atoms with Crippen molar-refractivity contribution in [1.82, 2.24) is 0 Å². The molecule has 0 radical (unpaired) electrons. The number of rotatable bonds is 9. The molecular formula is C24H22O10. The first-order valence-electron chi connectivity index (χ1n) is 10.2. The smallest absolute Gasteiger partial charge is 0.349 e. The molecular weight excluding hydrogens is 448 g/mol. The third-order valence-electron chi connectivity index (χ3n) is 4.15. The Hall–Kier alpha value is -4.34. The molecule has 10 heteroatoms. The standard InChI is InChI=1S/C24H22O10/c1-15(25)31-19-11-5-3-9-17(19)23(29)33-21(27)13-7-8-14-22(28)34-24(30)18-10-4-6-12-20(18)32-16(2)26/h3-6,9-12H,7-8,13-14H2,1-2H3. The first-order valence-corrected chi connectivity index (χ1v) is 10.2. The van der Waals surface area contributed by atoms with E-state index in [1.165, 1.54) is 50.2 Å². The van der Waals surface area contributed by atoms with E-state index in [0.717, 1.165) is 0 Å². The van der Waals surface area contributed by atoms with Crippen LogP contribution in [0.5, 0.6) is 11.5 Å². The van der Waals surface area contributed by atoms with Crippen LogP contribution >= 0.6 is 0 Å². The van der Waals surface area contributed by atoms with Crippen molar-refractivity contribution < 1.29 is 47.7 Å². The zero-order chi connectivity index (χ0) is 25.1. The van der Waals surface area contributed by atoms with Crippen molar-refractivity contribution in [2.75, 3.05) is 0 Å². The van der Waals surface area contributed by atoms with E-state index in [-0.39, 0.29) is 48.3 Å². The highest BCUT2D eigenvalue weighted by Crippen LogP contribution is 2.21. The van der Waals surface area contributed by atoms with Crippen LogP contribution in [0.4, 0.5) is 0 Å². The number of esters is 6. The summed E-state index contributed by atoms with van der Waals surface area (Å²) in [4.78, 5) is 70.5. The molecule has 0 fully saturated rings. The Morgan fingerprint density at radius 2 is 0.941 bits per heavy atom. The number of hydrogen-bond donors (Lipinski definition) is 0. The van der Waals surface area contributed by atoms with Crippen LogP contribution in [0, 0.1) is 0 Å². The van der Waals surface area contributed by atoms with E-state index >= 15 is 0 Å². The largest absolute Gasteiger partial charge is 0.426 e. The van der Waals surface area contributed by atoms with Gasteiger partial charge in [-0.2, -0.15) is 0 Å². The zero-order valence-corrected chi connectivity index (χ0v) is 18.5. The summed E-state index contributed by atoms with van der Waals surface area (Å²) in [7, 11) is 0. The molecule has 0 spiro atoms. The summed E-state index contributed by atoms with van der Waals surface area (Å²) in [6.07, 6.45) is 0.0338. The summed E-state index contributed by atoms with van der Waals surface area (Å²) in [6, 6.07) is 11.6. The van der Waals surface area contributed by atoms with Crippen LogP contribution in [0.25, 0.3) is 0 Å². The predicted octanol–water partition coefficient (Wildman–Crippen LogP) is 3.16. The molecule has 0 bridgehead atoms. The molecule has 0 aliphatic heterocycles. The SMILES string of the molecule is CC(=O)Oc1ccccc1C(=O)OC(=O)CCCCC(=O)OC(=O)c1ccccc1OC(C)=O. The Balaban J connectivity index is 1.78. The van der Waals surface area contributed by atoms with E-state index < -0.39 is 35.8 Å². The molecule has 0 N–H and O–H groups in total. The maximum atomic E-state index is 12.2. The highest BCUT2D eigenvalue weighted by atomic mass is 16.6. The van der Waals surface area contributed by atoms with Crippen molar-refractivity contribution >= 4 is 35.8 Å². The molecule has 0 unspecified atom stereocenters. The number of hydrogen-bond acceptors (Lipinski definition) is 10. The molecule has 2 aromatic carbocycles. The van der Waals surface area contributed by atoms with Gasteiger partial charge in [-0.25, -0.2) is 9.59 Å². The lowest BCUT2D eigenvalue weighted by Crippen LogP contribution is -2.15. The van der Waals surface area contributed by atoms with Gasteiger partial charge in [-0.3, -0.25) is 19.2 Å². The minimum atomic E-state index is -0.974. The number of ether oxygens (including phenoxy) is 4. The normalized spacial score (nSPS) is 10.1. The quantitative estimate of drug-likeness (QED) is 0.232. The number of carbonyl (C=O) groups is 6. The molecule has 0 amide bonds. The van der Waals surface area contributed by atoms with Crippen LogP contribution in [0.15, 0.2) is 48.5 Å². The molecule has 0 saturated heterocycles. The van der Waals surface area contributed by atoms with Gasteiger partial charge >= 0.3 is 35.8 Å². The monoisotopic (exact) mass is 470 g/mol. The average molecular weight is 470 g/mol. The summed E-state index contributed by atoms with van der Waals surface area (Å²) in [5.41, 5.74) is -0.163. The fourth-order valence-corrected chi connectivity index (χ4v) is 2.72. The Morgan fingerprint density at radius 3 is 1.29 bits per heavy atom. The lowest BCUT2D eigenvalue weighted by molar-refractivity contribution is -0.140. The van der Waals surface area contributed by atoms with E-state index in [2.05, 4.69) is 0 Å². The molecule has 0 atom stereocenters. The van der Waals surface area contributed by atoms with E-state index in [9.17, 15) is 28.8 Å². The van der Waals surface area contributed by atoms with Gasteiger partial charge in [0, 0.05) is 26.7 Å². The van der Waals surface area contributed by atoms with Crippen LogP contribution in [-0.2, 0) is 28.7 Å². The van der Waals surface area contributed by atoms with Crippen molar-refractivity contribution in [2.45, 2.75) is 39.5 Å². The molecule has 0 saturated carbocycles. The maximum absolute atomic E-state index is 12.2. The summed E-state index contributed by atoms with van der Waals surface area (Å²) in [5.74, 6) is -4.94. The van der Waals surface area contributed by atoms with Crippen LogP contribution in [0.2, 0.25) is 0 Å². The van der Waals surface area contributed by atoms with Gasteiger partial charge in [0.2, 0.25) is 0 Å². The highest BCUT2D eigenvalue weighted by Gasteiger charge is 2.20. The maximum Gasteiger partial charge on any atom is 0.349 e. The molecule has 178 valence electrons. The second-order valence-corrected chi connectivity index (χ2v) is 6.91. The van der Waals surface area contributed by atoms with Gasteiger partial charge < -0.3 is 18.9 Å². The molecule has 2 rings (SSSR count). The third-order valence-corrected chi connectivity index (χ3v) is 4.15. The van der Waals surface area contributed by atoms with Crippen LogP contribution in [0.1, 0.15) is 60.2 Å². The van der Waals surface area contributed by atoms with E-state index in [1.54, 1.807) is 12.1 Å². The molecule has 0 aromatic heterocycles. The topological polar surface area (TPSA) is 139 Å². The third kappa shape index (κ3) is 8.30. The molecule has 0 aliphatic carbocycles. The Labute approximate surface area is 194 Å².